The van der Waals surface area contributed by atoms with Crippen LogP contribution in [0.25, 0.3) is 0 Å². The SMILES string of the molecule is COCC1CN(C)C2(C1)CN(S(=O)(=O)c1ccccc1F)C2. The standard InChI is InChI=1S/C15H21FN2O3S/c1-17-8-12(9-21-2)7-15(17)10-18(11-15)22(19,20)14-6-4-3-5-13(14)16/h3-6,12H,7-11H2,1-2H3. The predicted molar refractivity (Wildman–Crippen MR) is 80.5 cm³/mol. The smallest absolute Gasteiger partial charge is 0.246 e. The van der Waals surface area contributed by atoms with Gasteiger partial charge in [-0.15, -0.1) is 0 Å². The molecular formula is C15H21FN2O3S. The Balaban J connectivity index is 1.75. The van der Waals surface area contributed by atoms with Gasteiger partial charge in [0, 0.05) is 32.3 Å². The van der Waals surface area contributed by atoms with Crippen LogP contribution in [-0.4, -0.2) is 63.6 Å². The Kier molecular flexibility index (Phi) is 4.01. The molecule has 0 amide bonds. The van der Waals surface area contributed by atoms with E-state index in [-0.39, 0.29) is 10.4 Å². The van der Waals surface area contributed by atoms with E-state index in [0.29, 0.717) is 25.6 Å². The van der Waals surface area contributed by atoms with Gasteiger partial charge in [0.05, 0.1) is 6.61 Å². The lowest BCUT2D eigenvalue weighted by Gasteiger charge is -2.50. The molecule has 0 bridgehead atoms. The lowest BCUT2D eigenvalue weighted by Crippen LogP contribution is -2.68. The number of sulfonamides is 1. The van der Waals surface area contributed by atoms with E-state index in [1.807, 2.05) is 7.05 Å². The molecule has 1 unspecified atom stereocenters. The Labute approximate surface area is 130 Å². The van der Waals surface area contributed by atoms with Crippen LogP contribution >= 0.6 is 0 Å². The molecule has 7 heteroatoms. The molecule has 0 saturated carbocycles. The molecule has 2 aliphatic rings. The van der Waals surface area contributed by atoms with Crippen molar-refractivity contribution in [3.05, 3.63) is 30.1 Å². The molecule has 5 nitrogen and oxygen atoms in total. The largest absolute Gasteiger partial charge is 0.384 e. The highest BCUT2D eigenvalue weighted by Gasteiger charge is 2.55. The molecule has 0 radical (unpaired) electrons. The molecular weight excluding hydrogens is 307 g/mol. The molecule has 0 aliphatic carbocycles. The summed E-state index contributed by atoms with van der Waals surface area (Å²) in [6.07, 6.45) is 0.917. The number of likely N-dealkylation sites (tertiary alicyclic amines) is 1. The summed E-state index contributed by atoms with van der Waals surface area (Å²) in [4.78, 5) is 1.98. The van der Waals surface area contributed by atoms with Gasteiger partial charge in [-0.1, -0.05) is 12.1 Å². The van der Waals surface area contributed by atoms with Gasteiger partial charge in [-0.2, -0.15) is 4.31 Å². The Morgan fingerprint density at radius 3 is 2.68 bits per heavy atom. The Morgan fingerprint density at radius 2 is 2.05 bits per heavy atom. The number of methoxy groups -OCH3 is 1. The van der Waals surface area contributed by atoms with Gasteiger partial charge >= 0.3 is 0 Å². The summed E-state index contributed by atoms with van der Waals surface area (Å²) in [7, 11) is -0.0513. The van der Waals surface area contributed by atoms with Gasteiger partial charge in [0.25, 0.3) is 0 Å². The second-order valence-electron chi connectivity index (χ2n) is 6.33. The third-order valence-electron chi connectivity index (χ3n) is 4.81. The van der Waals surface area contributed by atoms with Gasteiger partial charge < -0.3 is 4.74 Å². The molecule has 22 heavy (non-hydrogen) atoms. The van der Waals surface area contributed by atoms with Crippen LogP contribution in [0.4, 0.5) is 4.39 Å². The van der Waals surface area contributed by atoms with Crippen molar-refractivity contribution in [3.63, 3.8) is 0 Å². The van der Waals surface area contributed by atoms with Crippen LogP contribution in [-0.2, 0) is 14.8 Å². The molecule has 0 aromatic heterocycles. The van der Waals surface area contributed by atoms with Crippen molar-refractivity contribution in [1.29, 1.82) is 0 Å². The molecule has 2 aliphatic heterocycles. The highest BCUT2D eigenvalue weighted by atomic mass is 32.2. The Hall–Kier alpha value is -1.02. The van der Waals surface area contributed by atoms with E-state index < -0.39 is 15.8 Å². The van der Waals surface area contributed by atoms with Crippen LogP contribution < -0.4 is 0 Å². The maximum Gasteiger partial charge on any atom is 0.246 e. The Morgan fingerprint density at radius 1 is 1.36 bits per heavy atom. The minimum Gasteiger partial charge on any atom is -0.384 e. The summed E-state index contributed by atoms with van der Waals surface area (Å²) in [5.41, 5.74) is -0.123. The predicted octanol–water partition coefficient (Wildman–Crippen LogP) is 1.17. The van der Waals surface area contributed by atoms with Crippen LogP contribution in [0.1, 0.15) is 6.42 Å². The van der Waals surface area contributed by atoms with Crippen molar-refractivity contribution in [2.45, 2.75) is 16.9 Å². The first-order valence-corrected chi connectivity index (χ1v) is 8.78. The maximum absolute atomic E-state index is 13.8. The van der Waals surface area contributed by atoms with Gasteiger partial charge in [0.15, 0.2) is 0 Å². The van der Waals surface area contributed by atoms with Crippen LogP contribution in [0.5, 0.6) is 0 Å². The molecule has 1 atom stereocenters. The second kappa shape index (κ2) is 5.56. The number of ether oxygens (including phenoxy) is 1. The van der Waals surface area contributed by atoms with E-state index in [0.717, 1.165) is 13.0 Å². The molecule has 122 valence electrons. The first-order chi connectivity index (χ1) is 10.4. The first-order valence-electron chi connectivity index (χ1n) is 7.34. The normalized spacial score (nSPS) is 25.5. The molecule has 2 heterocycles. The molecule has 2 saturated heterocycles. The fourth-order valence-electron chi connectivity index (χ4n) is 3.63. The van der Waals surface area contributed by atoms with Crippen LogP contribution in [0.3, 0.4) is 0 Å². The van der Waals surface area contributed by atoms with E-state index in [1.54, 1.807) is 13.2 Å². The van der Waals surface area contributed by atoms with Crippen molar-refractivity contribution >= 4 is 10.0 Å². The average Bonchev–Trinajstić information content (AvgIpc) is 2.74. The molecule has 3 rings (SSSR count). The van der Waals surface area contributed by atoms with Crippen molar-refractivity contribution < 1.29 is 17.5 Å². The fourth-order valence-corrected chi connectivity index (χ4v) is 5.29. The number of nitrogens with zero attached hydrogens (tertiary/aromatic N) is 2. The van der Waals surface area contributed by atoms with Crippen LogP contribution in [0.15, 0.2) is 29.2 Å². The van der Waals surface area contributed by atoms with Crippen molar-refractivity contribution in [2.75, 3.05) is 40.4 Å². The minimum atomic E-state index is -3.75. The zero-order chi connectivity index (χ0) is 16.0. The number of hydrogen-bond donors (Lipinski definition) is 0. The molecule has 1 spiro atoms. The van der Waals surface area contributed by atoms with E-state index in [4.69, 9.17) is 4.74 Å². The van der Waals surface area contributed by atoms with Crippen LogP contribution in [0.2, 0.25) is 0 Å². The minimum absolute atomic E-state index is 0.123. The average molecular weight is 328 g/mol. The number of rotatable bonds is 4. The van der Waals surface area contributed by atoms with Gasteiger partial charge in [-0.25, -0.2) is 12.8 Å². The third kappa shape index (κ3) is 2.46. The second-order valence-corrected chi connectivity index (χ2v) is 8.24. The quantitative estimate of drug-likeness (QED) is 0.832. The summed E-state index contributed by atoms with van der Waals surface area (Å²) in [6, 6.07) is 5.54. The van der Waals surface area contributed by atoms with E-state index >= 15 is 0 Å². The third-order valence-corrected chi connectivity index (χ3v) is 6.63. The van der Waals surface area contributed by atoms with Gasteiger partial charge in [-0.05, 0) is 31.5 Å². The monoisotopic (exact) mass is 328 g/mol. The zero-order valence-corrected chi connectivity index (χ0v) is 13.6. The van der Waals surface area contributed by atoms with E-state index in [1.165, 1.54) is 22.5 Å². The highest BCUT2D eigenvalue weighted by molar-refractivity contribution is 7.89. The number of hydrogen-bond acceptors (Lipinski definition) is 4. The number of benzene rings is 1. The van der Waals surface area contributed by atoms with E-state index in [2.05, 4.69) is 4.90 Å². The lowest BCUT2D eigenvalue weighted by atomic mass is 9.87. The Bertz CT molecular complexity index is 659. The van der Waals surface area contributed by atoms with Crippen LogP contribution in [0, 0.1) is 11.7 Å². The van der Waals surface area contributed by atoms with Crippen molar-refractivity contribution in [3.8, 4) is 0 Å². The summed E-state index contributed by atoms with van der Waals surface area (Å²) in [5.74, 6) is -0.270. The summed E-state index contributed by atoms with van der Waals surface area (Å²) in [6.45, 7) is 2.42. The van der Waals surface area contributed by atoms with Crippen molar-refractivity contribution in [1.82, 2.24) is 9.21 Å². The van der Waals surface area contributed by atoms with Gasteiger partial charge in [-0.3, -0.25) is 4.90 Å². The topological polar surface area (TPSA) is 49.9 Å². The number of likely N-dealkylation sites (N-methyl/N-ethyl adjacent to an activating group) is 1. The molecule has 1 aromatic carbocycles. The van der Waals surface area contributed by atoms with Gasteiger partial charge in [0.2, 0.25) is 10.0 Å². The molecule has 1 aromatic rings. The maximum atomic E-state index is 13.8. The van der Waals surface area contributed by atoms with Crippen molar-refractivity contribution in [2.24, 2.45) is 5.92 Å². The lowest BCUT2D eigenvalue weighted by molar-refractivity contribution is 0.0371. The summed E-state index contributed by atoms with van der Waals surface area (Å²) >= 11 is 0. The highest BCUT2D eigenvalue weighted by Crippen LogP contribution is 2.41. The molecule has 2 fully saturated rings. The van der Waals surface area contributed by atoms with E-state index in [9.17, 15) is 12.8 Å². The fraction of sp³-hybridized carbons (Fsp3) is 0.600. The first kappa shape index (κ1) is 15.9. The summed E-state index contributed by atoms with van der Waals surface area (Å²) < 4.78 is 45.4. The number of halogens is 1. The van der Waals surface area contributed by atoms with Gasteiger partial charge in [0.1, 0.15) is 10.7 Å². The molecule has 0 N–H and O–H groups in total. The summed E-state index contributed by atoms with van der Waals surface area (Å²) in [5, 5.41) is 0. The zero-order valence-electron chi connectivity index (χ0n) is 12.8.